The molecule has 1 aromatic rings. The lowest BCUT2D eigenvalue weighted by molar-refractivity contribution is 0.0911. The number of carbonyl (C=O) groups is 1. The Labute approximate surface area is 136 Å². The summed E-state index contributed by atoms with van der Waals surface area (Å²) < 4.78 is 0. The second-order valence-electron chi connectivity index (χ2n) is 7.11. The van der Waals surface area contributed by atoms with Crippen LogP contribution in [0.2, 0.25) is 0 Å². The number of hydrogen-bond acceptors (Lipinski definition) is 1. The molecule has 0 aromatic heterocycles. The van der Waals surface area contributed by atoms with E-state index in [4.69, 9.17) is 0 Å². The molecule has 2 atom stereocenters. The molecule has 1 amide bonds. The van der Waals surface area contributed by atoms with Crippen molar-refractivity contribution in [1.82, 2.24) is 5.32 Å². The Bertz CT molecular complexity index is 475. The van der Waals surface area contributed by atoms with E-state index in [0.717, 1.165) is 17.3 Å². The number of alkyl halides is 1. The maximum Gasteiger partial charge on any atom is 0.251 e. The van der Waals surface area contributed by atoms with E-state index < -0.39 is 0 Å². The molecule has 0 saturated heterocycles. The van der Waals surface area contributed by atoms with Gasteiger partial charge in [0.2, 0.25) is 0 Å². The van der Waals surface area contributed by atoms with Crippen LogP contribution in [0.15, 0.2) is 24.3 Å². The zero-order valence-electron chi connectivity index (χ0n) is 13.3. The van der Waals surface area contributed by atoms with Crippen molar-refractivity contribution in [2.24, 2.45) is 5.92 Å². The molecule has 0 heterocycles. The van der Waals surface area contributed by atoms with Crippen LogP contribution < -0.4 is 5.32 Å². The molecule has 21 heavy (non-hydrogen) atoms. The number of benzene rings is 1. The Hall–Kier alpha value is -0.830. The van der Waals surface area contributed by atoms with E-state index in [9.17, 15) is 4.79 Å². The molecule has 1 aromatic carbocycles. The van der Waals surface area contributed by atoms with Gasteiger partial charge in [-0.05, 0) is 41.9 Å². The third kappa shape index (κ3) is 4.32. The van der Waals surface area contributed by atoms with Gasteiger partial charge in [0.25, 0.3) is 5.91 Å². The third-order valence-corrected chi connectivity index (χ3v) is 5.27. The lowest BCUT2D eigenvalue weighted by Crippen LogP contribution is -2.42. The zero-order valence-corrected chi connectivity index (χ0v) is 14.9. The van der Waals surface area contributed by atoms with Crippen molar-refractivity contribution in [3.8, 4) is 0 Å². The van der Waals surface area contributed by atoms with Crippen LogP contribution in [0.3, 0.4) is 0 Å². The standard InChI is InChI=1S/C18H26BrNO/c1-18(2,3)15-10-8-13(9-11-15)17(21)20-16-7-5-4-6-14(16)12-19/h8-11,14,16H,4-7,12H2,1-3H3,(H,20,21). The highest BCUT2D eigenvalue weighted by Crippen LogP contribution is 2.26. The second kappa shape index (κ2) is 6.95. The molecule has 1 fully saturated rings. The van der Waals surface area contributed by atoms with Gasteiger partial charge in [-0.3, -0.25) is 4.79 Å². The Balaban J connectivity index is 2.03. The van der Waals surface area contributed by atoms with E-state index in [1.54, 1.807) is 0 Å². The summed E-state index contributed by atoms with van der Waals surface area (Å²) in [7, 11) is 0. The molecular weight excluding hydrogens is 326 g/mol. The first-order valence-electron chi connectivity index (χ1n) is 7.89. The molecule has 1 N–H and O–H groups in total. The molecule has 0 bridgehead atoms. The first-order chi connectivity index (χ1) is 9.91. The second-order valence-corrected chi connectivity index (χ2v) is 7.75. The molecule has 2 unspecified atom stereocenters. The van der Waals surface area contributed by atoms with E-state index in [1.165, 1.54) is 24.8 Å². The van der Waals surface area contributed by atoms with Gasteiger partial charge in [-0.1, -0.05) is 61.7 Å². The summed E-state index contributed by atoms with van der Waals surface area (Å²) in [6, 6.07) is 8.34. The SMILES string of the molecule is CC(C)(C)c1ccc(C(=O)NC2CCCCC2CBr)cc1. The van der Waals surface area contributed by atoms with Crippen LogP contribution in [-0.2, 0) is 5.41 Å². The van der Waals surface area contributed by atoms with Gasteiger partial charge < -0.3 is 5.32 Å². The number of rotatable bonds is 3. The van der Waals surface area contributed by atoms with E-state index in [0.29, 0.717) is 12.0 Å². The molecule has 116 valence electrons. The van der Waals surface area contributed by atoms with E-state index in [1.807, 2.05) is 12.1 Å². The summed E-state index contributed by atoms with van der Waals surface area (Å²) in [6.07, 6.45) is 4.81. The molecule has 2 nitrogen and oxygen atoms in total. The lowest BCUT2D eigenvalue weighted by atomic mass is 9.85. The van der Waals surface area contributed by atoms with Gasteiger partial charge in [0.05, 0.1) is 0 Å². The van der Waals surface area contributed by atoms with E-state index >= 15 is 0 Å². The van der Waals surface area contributed by atoms with Crippen molar-refractivity contribution in [2.75, 3.05) is 5.33 Å². The van der Waals surface area contributed by atoms with Gasteiger partial charge >= 0.3 is 0 Å². The number of amides is 1. The Kier molecular flexibility index (Phi) is 5.48. The van der Waals surface area contributed by atoms with Crippen molar-refractivity contribution < 1.29 is 4.79 Å². The molecule has 3 heteroatoms. The third-order valence-electron chi connectivity index (χ3n) is 4.44. The highest BCUT2D eigenvalue weighted by Gasteiger charge is 2.26. The van der Waals surface area contributed by atoms with Crippen molar-refractivity contribution in [2.45, 2.75) is 57.9 Å². The van der Waals surface area contributed by atoms with Crippen molar-refractivity contribution in [3.05, 3.63) is 35.4 Å². The van der Waals surface area contributed by atoms with Crippen molar-refractivity contribution in [1.29, 1.82) is 0 Å². The largest absolute Gasteiger partial charge is 0.349 e. The van der Waals surface area contributed by atoms with Crippen LogP contribution in [0.1, 0.15) is 62.4 Å². The summed E-state index contributed by atoms with van der Waals surface area (Å²) >= 11 is 3.58. The summed E-state index contributed by atoms with van der Waals surface area (Å²) in [5.41, 5.74) is 2.15. The van der Waals surface area contributed by atoms with Crippen LogP contribution in [-0.4, -0.2) is 17.3 Å². The van der Waals surface area contributed by atoms with Gasteiger partial charge in [0, 0.05) is 16.9 Å². The fraction of sp³-hybridized carbons (Fsp3) is 0.611. The van der Waals surface area contributed by atoms with Crippen LogP contribution in [0.25, 0.3) is 0 Å². The number of carbonyl (C=O) groups excluding carboxylic acids is 1. The maximum atomic E-state index is 12.4. The minimum Gasteiger partial charge on any atom is -0.349 e. The van der Waals surface area contributed by atoms with E-state index in [2.05, 4.69) is 54.2 Å². The molecule has 0 radical (unpaired) electrons. The van der Waals surface area contributed by atoms with Crippen molar-refractivity contribution >= 4 is 21.8 Å². The molecular formula is C18H26BrNO. The summed E-state index contributed by atoms with van der Waals surface area (Å²) in [5.74, 6) is 0.629. The topological polar surface area (TPSA) is 29.1 Å². The average molecular weight is 352 g/mol. The normalized spacial score (nSPS) is 22.9. The van der Waals surface area contributed by atoms with Gasteiger partial charge in [-0.2, -0.15) is 0 Å². The molecule has 1 aliphatic carbocycles. The molecule has 2 rings (SSSR count). The predicted molar refractivity (Wildman–Crippen MR) is 92.1 cm³/mol. The molecule has 1 aliphatic rings. The van der Waals surface area contributed by atoms with Crippen LogP contribution in [0.4, 0.5) is 0 Å². The molecule has 1 saturated carbocycles. The first kappa shape index (κ1) is 16.5. The molecule has 0 spiro atoms. The van der Waals surface area contributed by atoms with Crippen molar-refractivity contribution in [3.63, 3.8) is 0 Å². The quantitative estimate of drug-likeness (QED) is 0.787. The van der Waals surface area contributed by atoms with Crippen LogP contribution in [0, 0.1) is 5.92 Å². The Morgan fingerprint density at radius 1 is 1.19 bits per heavy atom. The number of nitrogens with one attached hydrogen (secondary N) is 1. The predicted octanol–water partition coefficient (Wildman–Crippen LogP) is 4.67. The fourth-order valence-corrected chi connectivity index (χ4v) is 3.73. The van der Waals surface area contributed by atoms with Gasteiger partial charge in [0.1, 0.15) is 0 Å². The van der Waals surface area contributed by atoms with Gasteiger partial charge in [0.15, 0.2) is 0 Å². The highest BCUT2D eigenvalue weighted by atomic mass is 79.9. The van der Waals surface area contributed by atoms with Gasteiger partial charge in [-0.15, -0.1) is 0 Å². The van der Waals surface area contributed by atoms with Gasteiger partial charge in [-0.25, -0.2) is 0 Å². The average Bonchev–Trinajstić information content (AvgIpc) is 2.47. The monoisotopic (exact) mass is 351 g/mol. The first-order valence-corrected chi connectivity index (χ1v) is 9.01. The minimum atomic E-state index is 0.0632. The lowest BCUT2D eigenvalue weighted by Gasteiger charge is -2.31. The highest BCUT2D eigenvalue weighted by molar-refractivity contribution is 9.09. The number of halogens is 1. The van der Waals surface area contributed by atoms with Crippen LogP contribution >= 0.6 is 15.9 Å². The zero-order chi connectivity index (χ0) is 15.5. The fourth-order valence-electron chi connectivity index (χ4n) is 2.96. The number of hydrogen-bond donors (Lipinski definition) is 1. The van der Waals surface area contributed by atoms with E-state index in [-0.39, 0.29) is 11.3 Å². The Morgan fingerprint density at radius 2 is 1.81 bits per heavy atom. The molecule has 0 aliphatic heterocycles. The maximum absolute atomic E-state index is 12.4. The minimum absolute atomic E-state index is 0.0632. The Morgan fingerprint density at radius 3 is 2.38 bits per heavy atom. The summed E-state index contributed by atoms with van der Waals surface area (Å²) in [6.45, 7) is 6.56. The smallest absolute Gasteiger partial charge is 0.251 e. The summed E-state index contributed by atoms with van der Waals surface area (Å²) in [5, 5.41) is 4.20. The van der Waals surface area contributed by atoms with Crippen LogP contribution in [0.5, 0.6) is 0 Å². The summed E-state index contributed by atoms with van der Waals surface area (Å²) in [4.78, 5) is 12.4.